The maximum absolute atomic E-state index is 9.38. The first kappa shape index (κ1) is 12.1. The van der Waals surface area contributed by atoms with Crippen LogP contribution in [0.15, 0.2) is 35.4 Å². The zero-order chi connectivity index (χ0) is 11.3. The number of hydrogen-bond donors (Lipinski definition) is 1. The van der Waals surface area contributed by atoms with Gasteiger partial charge in [-0.1, -0.05) is 23.7 Å². The standard InChI is InChI=1S/C12H15ClO2/c1-9(7-13)8-15-12-5-3-4-11(6-12)10(2)14/h3-7,10,14H,8H2,1-2H3/b9-7+. The molecule has 0 fully saturated rings. The van der Waals surface area contributed by atoms with Gasteiger partial charge in [-0.25, -0.2) is 0 Å². The van der Waals surface area contributed by atoms with Gasteiger partial charge in [-0.05, 0) is 37.1 Å². The molecule has 2 nitrogen and oxygen atoms in total. The molecule has 1 aromatic rings. The second-order valence-corrected chi connectivity index (χ2v) is 3.71. The molecule has 0 amide bonds. The summed E-state index contributed by atoms with van der Waals surface area (Å²) in [5.41, 5.74) is 3.30. The van der Waals surface area contributed by atoms with Gasteiger partial charge in [-0.2, -0.15) is 0 Å². The zero-order valence-electron chi connectivity index (χ0n) is 8.90. The molecule has 0 aliphatic rings. The van der Waals surface area contributed by atoms with Gasteiger partial charge in [0, 0.05) is 5.54 Å². The average molecular weight is 227 g/mol. The van der Waals surface area contributed by atoms with E-state index in [1.807, 2.05) is 31.2 Å². The number of halogens is 1. The third kappa shape index (κ3) is 3.94. The van der Waals surface area contributed by atoms with E-state index in [1.54, 1.807) is 6.92 Å². The van der Waals surface area contributed by atoms with Crippen LogP contribution in [0.1, 0.15) is 25.5 Å². The molecule has 1 atom stereocenters. The van der Waals surface area contributed by atoms with Crippen LogP contribution in [0, 0.1) is 0 Å². The van der Waals surface area contributed by atoms with Crippen LogP contribution in [0.5, 0.6) is 5.75 Å². The summed E-state index contributed by atoms with van der Waals surface area (Å²) in [5, 5.41) is 9.38. The summed E-state index contributed by atoms with van der Waals surface area (Å²) in [4.78, 5) is 0. The highest BCUT2D eigenvalue weighted by Crippen LogP contribution is 2.19. The van der Waals surface area contributed by atoms with Crippen LogP contribution in [0.25, 0.3) is 0 Å². The first-order valence-corrected chi connectivity index (χ1v) is 5.24. The Labute approximate surface area is 95.1 Å². The van der Waals surface area contributed by atoms with Crippen molar-refractivity contribution >= 4 is 11.6 Å². The van der Waals surface area contributed by atoms with Crippen molar-refractivity contribution in [2.75, 3.05) is 6.61 Å². The Bertz CT molecular complexity index is 345. The van der Waals surface area contributed by atoms with E-state index in [1.165, 1.54) is 5.54 Å². The summed E-state index contributed by atoms with van der Waals surface area (Å²) in [6.07, 6.45) is -0.474. The number of aliphatic hydroxyl groups excluding tert-OH is 1. The first-order chi connectivity index (χ1) is 7.13. The molecule has 15 heavy (non-hydrogen) atoms. The molecule has 0 aliphatic carbocycles. The Morgan fingerprint density at radius 3 is 2.93 bits per heavy atom. The summed E-state index contributed by atoms with van der Waals surface area (Å²) >= 11 is 5.52. The number of benzene rings is 1. The maximum atomic E-state index is 9.38. The van der Waals surface area contributed by atoms with E-state index in [2.05, 4.69) is 0 Å². The summed E-state index contributed by atoms with van der Waals surface area (Å²) < 4.78 is 5.49. The van der Waals surface area contributed by atoms with Crippen molar-refractivity contribution in [2.45, 2.75) is 20.0 Å². The normalized spacial score (nSPS) is 13.7. The lowest BCUT2D eigenvalue weighted by Gasteiger charge is -2.09. The lowest BCUT2D eigenvalue weighted by Crippen LogP contribution is -1.99. The van der Waals surface area contributed by atoms with Crippen molar-refractivity contribution in [3.63, 3.8) is 0 Å². The maximum Gasteiger partial charge on any atom is 0.120 e. The van der Waals surface area contributed by atoms with E-state index >= 15 is 0 Å². The SMILES string of the molecule is C/C(=C\Cl)COc1cccc(C(C)O)c1. The first-order valence-electron chi connectivity index (χ1n) is 4.80. The highest BCUT2D eigenvalue weighted by molar-refractivity contribution is 6.25. The molecular weight excluding hydrogens is 212 g/mol. The van der Waals surface area contributed by atoms with Gasteiger partial charge in [0.1, 0.15) is 12.4 Å². The van der Waals surface area contributed by atoms with Crippen molar-refractivity contribution in [1.29, 1.82) is 0 Å². The molecule has 0 spiro atoms. The van der Waals surface area contributed by atoms with E-state index < -0.39 is 6.10 Å². The fraction of sp³-hybridized carbons (Fsp3) is 0.333. The van der Waals surface area contributed by atoms with Crippen LogP contribution in [-0.2, 0) is 0 Å². The third-order valence-electron chi connectivity index (χ3n) is 1.99. The van der Waals surface area contributed by atoms with Crippen molar-refractivity contribution in [2.24, 2.45) is 0 Å². The van der Waals surface area contributed by atoms with Gasteiger partial charge in [0.2, 0.25) is 0 Å². The molecule has 0 heterocycles. The Morgan fingerprint density at radius 1 is 1.60 bits per heavy atom. The third-order valence-corrected chi connectivity index (χ3v) is 2.37. The van der Waals surface area contributed by atoms with Gasteiger partial charge in [-0.15, -0.1) is 0 Å². The summed E-state index contributed by atoms with van der Waals surface area (Å²) in [6.45, 7) is 4.08. The van der Waals surface area contributed by atoms with Gasteiger partial charge in [0.15, 0.2) is 0 Å². The van der Waals surface area contributed by atoms with Gasteiger partial charge in [-0.3, -0.25) is 0 Å². The Hall–Kier alpha value is -0.990. The predicted octanol–water partition coefficient (Wildman–Crippen LogP) is 3.26. The van der Waals surface area contributed by atoms with E-state index in [9.17, 15) is 5.11 Å². The molecule has 1 N–H and O–H groups in total. The molecule has 1 aromatic carbocycles. The molecule has 3 heteroatoms. The topological polar surface area (TPSA) is 29.5 Å². The highest BCUT2D eigenvalue weighted by atomic mass is 35.5. The monoisotopic (exact) mass is 226 g/mol. The molecule has 0 saturated carbocycles. The summed E-state index contributed by atoms with van der Waals surface area (Å²) in [7, 11) is 0. The Morgan fingerprint density at radius 2 is 2.33 bits per heavy atom. The number of rotatable bonds is 4. The summed E-state index contributed by atoms with van der Waals surface area (Å²) in [5.74, 6) is 0.742. The van der Waals surface area contributed by atoms with Gasteiger partial charge in [0.25, 0.3) is 0 Å². The van der Waals surface area contributed by atoms with Crippen LogP contribution in [0.2, 0.25) is 0 Å². The minimum atomic E-state index is -0.474. The second kappa shape index (κ2) is 5.79. The van der Waals surface area contributed by atoms with Crippen LogP contribution < -0.4 is 4.74 Å². The Balaban J connectivity index is 2.66. The molecule has 1 unspecified atom stereocenters. The smallest absolute Gasteiger partial charge is 0.120 e. The molecule has 1 rings (SSSR count). The van der Waals surface area contributed by atoms with Crippen LogP contribution >= 0.6 is 11.6 Å². The fourth-order valence-corrected chi connectivity index (χ4v) is 1.16. The largest absolute Gasteiger partial charge is 0.489 e. The molecule has 0 radical (unpaired) electrons. The molecule has 0 bridgehead atoms. The van der Waals surface area contributed by atoms with Crippen molar-refractivity contribution in [3.8, 4) is 5.75 Å². The minimum Gasteiger partial charge on any atom is -0.489 e. The predicted molar refractivity (Wildman–Crippen MR) is 62.2 cm³/mol. The van der Waals surface area contributed by atoms with Gasteiger partial charge in [0.05, 0.1) is 6.10 Å². The van der Waals surface area contributed by atoms with Crippen LogP contribution in [0.3, 0.4) is 0 Å². The van der Waals surface area contributed by atoms with E-state index in [-0.39, 0.29) is 0 Å². The number of hydrogen-bond acceptors (Lipinski definition) is 2. The van der Waals surface area contributed by atoms with Gasteiger partial charge >= 0.3 is 0 Å². The minimum absolute atomic E-state index is 0.465. The lowest BCUT2D eigenvalue weighted by atomic mass is 10.1. The van der Waals surface area contributed by atoms with E-state index in [0.717, 1.165) is 16.9 Å². The van der Waals surface area contributed by atoms with Crippen LogP contribution in [0.4, 0.5) is 0 Å². The second-order valence-electron chi connectivity index (χ2n) is 3.49. The number of aliphatic hydroxyl groups is 1. The molecule has 0 aromatic heterocycles. The molecule has 0 saturated heterocycles. The fourth-order valence-electron chi connectivity index (χ4n) is 1.09. The van der Waals surface area contributed by atoms with Crippen molar-refractivity contribution in [3.05, 3.63) is 40.9 Å². The highest BCUT2D eigenvalue weighted by Gasteiger charge is 2.02. The number of ether oxygens (including phenoxy) is 1. The van der Waals surface area contributed by atoms with Gasteiger partial charge < -0.3 is 9.84 Å². The van der Waals surface area contributed by atoms with E-state index in [0.29, 0.717) is 6.61 Å². The zero-order valence-corrected chi connectivity index (χ0v) is 9.66. The van der Waals surface area contributed by atoms with Crippen molar-refractivity contribution in [1.82, 2.24) is 0 Å². The van der Waals surface area contributed by atoms with E-state index in [4.69, 9.17) is 16.3 Å². The summed E-state index contributed by atoms with van der Waals surface area (Å²) in [6, 6.07) is 7.40. The average Bonchev–Trinajstić information content (AvgIpc) is 2.26. The van der Waals surface area contributed by atoms with Crippen LogP contribution in [-0.4, -0.2) is 11.7 Å². The molecule has 0 aliphatic heterocycles. The lowest BCUT2D eigenvalue weighted by molar-refractivity contribution is 0.198. The Kier molecular flexibility index (Phi) is 4.66. The quantitative estimate of drug-likeness (QED) is 0.854. The van der Waals surface area contributed by atoms with Crippen molar-refractivity contribution < 1.29 is 9.84 Å². The molecular formula is C12H15ClO2. The molecule has 82 valence electrons.